The van der Waals surface area contributed by atoms with E-state index in [1.807, 2.05) is 6.92 Å². The van der Waals surface area contributed by atoms with Crippen LogP contribution in [0.4, 0.5) is 0 Å². The molecule has 3 N–H and O–H groups in total. The van der Waals surface area contributed by atoms with Crippen LogP contribution in [0.3, 0.4) is 0 Å². The van der Waals surface area contributed by atoms with Gasteiger partial charge in [0, 0.05) is 35.3 Å². The first kappa shape index (κ1) is 19.9. The van der Waals surface area contributed by atoms with Crippen molar-refractivity contribution in [2.24, 2.45) is 4.99 Å². The summed E-state index contributed by atoms with van der Waals surface area (Å²) in [5, 5.41) is 6.54. The Kier molecular flexibility index (Phi) is 8.57. The predicted octanol–water partition coefficient (Wildman–Crippen LogP) is 1.48. The SMILES string of the molecule is CCNC(=NCCNS(=O)(=O)CC)NC(C)Cc1ccc(C)s1. The van der Waals surface area contributed by atoms with E-state index in [-0.39, 0.29) is 11.8 Å². The van der Waals surface area contributed by atoms with Crippen molar-refractivity contribution in [1.29, 1.82) is 0 Å². The Balaban J connectivity index is 2.47. The molecule has 0 radical (unpaired) electrons. The third kappa shape index (κ3) is 8.34. The van der Waals surface area contributed by atoms with Crippen LogP contribution in [-0.2, 0) is 16.4 Å². The van der Waals surface area contributed by atoms with Crippen LogP contribution < -0.4 is 15.4 Å². The van der Waals surface area contributed by atoms with Crippen molar-refractivity contribution in [2.75, 3.05) is 25.4 Å². The van der Waals surface area contributed by atoms with Gasteiger partial charge < -0.3 is 10.6 Å². The zero-order valence-corrected chi connectivity index (χ0v) is 16.0. The number of aryl methyl sites for hydroxylation is 1. The fourth-order valence-corrected chi connectivity index (χ4v) is 3.60. The van der Waals surface area contributed by atoms with E-state index in [0.717, 1.165) is 13.0 Å². The molecule has 1 atom stereocenters. The van der Waals surface area contributed by atoms with Gasteiger partial charge in [-0.1, -0.05) is 0 Å². The molecule has 1 rings (SSSR count). The number of hydrogen-bond donors (Lipinski definition) is 3. The van der Waals surface area contributed by atoms with E-state index in [2.05, 4.69) is 46.3 Å². The number of nitrogens with zero attached hydrogens (tertiary/aromatic N) is 1. The second-order valence-electron chi connectivity index (χ2n) is 5.32. The molecule has 0 bridgehead atoms. The van der Waals surface area contributed by atoms with Gasteiger partial charge in [-0.3, -0.25) is 4.99 Å². The maximum Gasteiger partial charge on any atom is 0.211 e. The monoisotopic (exact) mass is 360 g/mol. The fourth-order valence-electron chi connectivity index (χ4n) is 1.97. The van der Waals surface area contributed by atoms with E-state index in [9.17, 15) is 8.42 Å². The lowest BCUT2D eigenvalue weighted by molar-refractivity contribution is 0.583. The van der Waals surface area contributed by atoms with Gasteiger partial charge in [0.15, 0.2) is 5.96 Å². The van der Waals surface area contributed by atoms with Gasteiger partial charge in [0.1, 0.15) is 0 Å². The summed E-state index contributed by atoms with van der Waals surface area (Å²) in [5.41, 5.74) is 0. The van der Waals surface area contributed by atoms with Crippen LogP contribution in [0.15, 0.2) is 17.1 Å². The zero-order chi connectivity index (χ0) is 17.3. The molecule has 6 nitrogen and oxygen atoms in total. The van der Waals surface area contributed by atoms with Gasteiger partial charge in [0.05, 0.1) is 12.3 Å². The van der Waals surface area contributed by atoms with Gasteiger partial charge in [-0.05, 0) is 39.8 Å². The second-order valence-corrected chi connectivity index (χ2v) is 8.79. The Bertz CT molecular complexity index is 596. The van der Waals surface area contributed by atoms with Gasteiger partial charge >= 0.3 is 0 Å². The topological polar surface area (TPSA) is 82.6 Å². The summed E-state index contributed by atoms with van der Waals surface area (Å²) >= 11 is 1.81. The summed E-state index contributed by atoms with van der Waals surface area (Å²) in [6, 6.07) is 4.53. The Labute approximate surface area is 143 Å². The summed E-state index contributed by atoms with van der Waals surface area (Å²) in [5.74, 6) is 0.802. The summed E-state index contributed by atoms with van der Waals surface area (Å²) in [6.45, 7) is 9.31. The van der Waals surface area contributed by atoms with Crippen molar-refractivity contribution in [3.63, 3.8) is 0 Å². The highest BCUT2D eigenvalue weighted by molar-refractivity contribution is 7.89. The smallest absolute Gasteiger partial charge is 0.211 e. The van der Waals surface area contributed by atoms with Gasteiger partial charge in [-0.2, -0.15) is 0 Å². The highest BCUT2D eigenvalue weighted by Crippen LogP contribution is 2.16. The highest BCUT2D eigenvalue weighted by atomic mass is 32.2. The first-order valence-corrected chi connectivity index (χ1v) is 10.4. The van der Waals surface area contributed by atoms with Gasteiger partial charge in [0.2, 0.25) is 10.0 Å². The fraction of sp³-hybridized carbons (Fsp3) is 0.667. The van der Waals surface area contributed by atoms with E-state index in [4.69, 9.17) is 0 Å². The standard InChI is InChI=1S/C15H28N4O2S2/c1-5-16-15(17-9-10-18-23(20,21)6-2)19-12(3)11-14-8-7-13(4)22-14/h7-8,12,18H,5-6,9-11H2,1-4H3,(H2,16,17,19). The van der Waals surface area contributed by atoms with Gasteiger partial charge in [-0.25, -0.2) is 13.1 Å². The second kappa shape index (κ2) is 9.89. The van der Waals surface area contributed by atoms with Crippen molar-refractivity contribution in [2.45, 2.75) is 40.2 Å². The Morgan fingerprint density at radius 1 is 1.35 bits per heavy atom. The van der Waals surface area contributed by atoms with Crippen LogP contribution in [0.25, 0.3) is 0 Å². The zero-order valence-electron chi connectivity index (χ0n) is 14.3. The maximum atomic E-state index is 11.4. The van der Waals surface area contributed by atoms with E-state index in [1.54, 1.807) is 18.3 Å². The first-order valence-electron chi connectivity index (χ1n) is 7.93. The van der Waals surface area contributed by atoms with Gasteiger partial charge in [0.25, 0.3) is 0 Å². The Morgan fingerprint density at radius 2 is 2.09 bits per heavy atom. The number of sulfonamides is 1. The Morgan fingerprint density at radius 3 is 2.65 bits per heavy atom. The quantitative estimate of drug-likeness (QED) is 0.354. The van der Waals surface area contributed by atoms with Crippen LogP contribution in [0.1, 0.15) is 30.5 Å². The third-order valence-corrected chi connectivity index (χ3v) is 5.54. The molecule has 0 saturated heterocycles. The molecular weight excluding hydrogens is 332 g/mol. The van der Waals surface area contributed by atoms with Crippen molar-refractivity contribution in [3.05, 3.63) is 21.9 Å². The summed E-state index contributed by atoms with van der Waals surface area (Å²) in [7, 11) is -3.15. The molecule has 0 fully saturated rings. The summed E-state index contributed by atoms with van der Waals surface area (Å²) < 4.78 is 25.2. The molecule has 0 amide bonds. The van der Waals surface area contributed by atoms with E-state index < -0.39 is 10.0 Å². The van der Waals surface area contributed by atoms with Crippen molar-refractivity contribution in [3.8, 4) is 0 Å². The highest BCUT2D eigenvalue weighted by Gasteiger charge is 2.08. The number of thiophene rings is 1. The number of rotatable bonds is 9. The molecule has 8 heteroatoms. The van der Waals surface area contributed by atoms with Crippen LogP contribution in [0.5, 0.6) is 0 Å². The molecule has 23 heavy (non-hydrogen) atoms. The Hall–Kier alpha value is -1.12. The normalized spacial score (nSPS) is 13.8. The van der Waals surface area contributed by atoms with E-state index in [0.29, 0.717) is 19.0 Å². The van der Waals surface area contributed by atoms with Crippen LogP contribution >= 0.6 is 11.3 Å². The minimum Gasteiger partial charge on any atom is -0.357 e. The number of nitrogens with one attached hydrogen (secondary N) is 3. The molecule has 0 aliphatic rings. The van der Waals surface area contributed by atoms with E-state index >= 15 is 0 Å². The molecule has 1 unspecified atom stereocenters. The van der Waals surface area contributed by atoms with E-state index in [1.165, 1.54) is 9.75 Å². The minimum atomic E-state index is -3.15. The number of guanidine groups is 1. The summed E-state index contributed by atoms with van der Waals surface area (Å²) in [4.78, 5) is 7.07. The molecule has 0 aromatic carbocycles. The lowest BCUT2D eigenvalue weighted by atomic mass is 10.2. The summed E-state index contributed by atoms with van der Waals surface area (Å²) in [6.07, 6.45) is 0.936. The molecular formula is C15H28N4O2S2. The molecule has 1 aromatic heterocycles. The predicted molar refractivity (Wildman–Crippen MR) is 98.8 cm³/mol. The van der Waals surface area contributed by atoms with Crippen LogP contribution in [0.2, 0.25) is 0 Å². The van der Waals surface area contributed by atoms with Gasteiger partial charge in [-0.15, -0.1) is 11.3 Å². The van der Waals surface area contributed by atoms with Crippen LogP contribution in [0, 0.1) is 6.92 Å². The largest absolute Gasteiger partial charge is 0.357 e. The molecule has 1 aromatic rings. The average Bonchev–Trinajstić information content (AvgIpc) is 2.88. The third-order valence-electron chi connectivity index (χ3n) is 3.11. The minimum absolute atomic E-state index is 0.0896. The molecule has 132 valence electrons. The molecule has 0 saturated carbocycles. The lowest BCUT2D eigenvalue weighted by Crippen LogP contribution is -2.43. The molecule has 1 heterocycles. The van der Waals surface area contributed by atoms with Crippen molar-refractivity contribution >= 4 is 27.3 Å². The van der Waals surface area contributed by atoms with Crippen molar-refractivity contribution < 1.29 is 8.42 Å². The molecule has 0 aliphatic carbocycles. The van der Waals surface area contributed by atoms with Crippen LogP contribution in [-0.4, -0.2) is 45.8 Å². The first-order chi connectivity index (χ1) is 10.9. The number of hydrogen-bond acceptors (Lipinski definition) is 4. The molecule has 0 aliphatic heterocycles. The average molecular weight is 361 g/mol. The maximum absolute atomic E-state index is 11.4. The number of aliphatic imine (C=N–C) groups is 1. The lowest BCUT2D eigenvalue weighted by Gasteiger charge is -2.17. The molecule has 0 spiro atoms. The van der Waals surface area contributed by atoms with Crippen molar-refractivity contribution in [1.82, 2.24) is 15.4 Å².